The lowest BCUT2D eigenvalue weighted by molar-refractivity contribution is 0.700. The van der Waals surface area contributed by atoms with E-state index in [1.54, 1.807) is 16.1 Å². The Morgan fingerprint density at radius 2 is 1.17 bits per heavy atom. The van der Waals surface area contributed by atoms with Gasteiger partial charge >= 0.3 is 0 Å². The number of para-hydroxylation sites is 2. The maximum absolute atomic E-state index is 2.53. The first-order valence-corrected chi connectivity index (χ1v) is 20.3. The first-order valence-electron chi connectivity index (χ1n) is 18.6. The van der Waals surface area contributed by atoms with E-state index >= 15 is 0 Å². The summed E-state index contributed by atoms with van der Waals surface area (Å²) in [6, 6.07) is 47.6. The predicted molar refractivity (Wildman–Crippen MR) is 226 cm³/mol. The Balaban J connectivity index is 1.02. The number of rotatable bonds is 3. The Kier molecular flexibility index (Phi) is 6.26. The van der Waals surface area contributed by atoms with Crippen LogP contribution in [0.3, 0.4) is 0 Å². The van der Waals surface area contributed by atoms with Crippen molar-refractivity contribution in [3.8, 4) is 16.8 Å². The van der Waals surface area contributed by atoms with Gasteiger partial charge in [0.1, 0.15) is 0 Å². The molecule has 1 unspecified atom stereocenters. The fourth-order valence-electron chi connectivity index (χ4n) is 9.45. The Morgan fingerprint density at radius 3 is 1.96 bits per heavy atom. The Hall–Kier alpha value is -5.29. The molecule has 0 N–H and O–H groups in total. The summed E-state index contributed by atoms with van der Waals surface area (Å²) in [6.07, 6.45) is 11.3. The van der Waals surface area contributed by atoms with Crippen molar-refractivity contribution in [2.45, 2.75) is 37.4 Å². The zero-order valence-corrected chi connectivity index (χ0v) is 30.2. The molecule has 6 aromatic carbocycles. The summed E-state index contributed by atoms with van der Waals surface area (Å²) in [7, 11) is 0. The van der Waals surface area contributed by atoms with Gasteiger partial charge in [-0.3, -0.25) is 0 Å². The summed E-state index contributed by atoms with van der Waals surface area (Å²) in [5.74, 6) is 0. The monoisotopic (exact) mass is 702 g/mol. The van der Waals surface area contributed by atoms with Crippen molar-refractivity contribution in [2.24, 2.45) is 0 Å². The maximum atomic E-state index is 2.53. The standard InChI is InChI=1S/C48H34N2S2/c1-5-15-40-32(10-1)37-26-29(20-23-42(37)49(40)31-22-25-47-39(28-31)35-13-4-7-18-45(35)51-47)30-21-24-43-38(27-30)33-11-2-6-16-41(33)50(43)44-17-9-14-36-34-12-3-8-19-46(34)52-48(36)44/h1-3,5-6,8-12,14-17,19-24,26-28,47H,4,7,13,18,25H2. The van der Waals surface area contributed by atoms with Gasteiger partial charge in [-0.1, -0.05) is 84.9 Å². The van der Waals surface area contributed by atoms with Crippen LogP contribution in [0, 0.1) is 0 Å². The van der Waals surface area contributed by atoms with Crippen LogP contribution in [0.2, 0.25) is 0 Å². The molecule has 4 heterocycles. The normalized spacial score (nSPS) is 17.5. The number of allylic oxidation sites excluding steroid dienone is 5. The molecule has 0 spiro atoms. The molecule has 1 aliphatic heterocycles. The highest BCUT2D eigenvalue weighted by Gasteiger charge is 2.33. The van der Waals surface area contributed by atoms with Crippen molar-refractivity contribution >= 4 is 92.6 Å². The summed E-state index contributed by atoms with van der Waals surface area (Å²) < 4.78 is 7.67. The van der Waals surface area contributed by atoms with Gasteiger partial charge < -0.3 is 9.13 Å². The third kappa shape index (κ3) is 4.14. The highest BCUT2D eigenvalue weighted by Crippen LogP contribution is 2.52. The SMILES string of the molecule is C1=C2C3=C(CCCC3)SC2CC=C1n1c2ccccc2c2cc(-c3ccc4c(c3)c3ccccc3n4-c3cccc4c3sc3ccccc34)ccc21. The van der Waals surface area contributed by atoms with Gasteiger partial charge in [0.2, 0.25) is 0 Å². The molecular formula is C48H34N2S2. The van der Waals surface area contributed by atoms with E-state index in [0.717, 1.165) is 6.42 Å². The number of hydrogen-bond acceptors (Lipinski definition) is 2. The molecule has 4 heteroatoms. The van der Waals surface area contributed by atoms with Crippen molar-refractivity contribution in [2.75, 3.05) is 0 Å². The van der Waals surface area contributed by atoms with Crippen LogP contribution in [0.1, 0.15) is 32.1 Å². The second-order valence-corrected chi connectivity index (χ2v) is 17.0. The highest BCUT2D eigenvalue weighted by atomic mass is 32.2. The molecule has 2 aliphatic carbocycles. The summed E-state index contributed by atoms with van der Waals surface area (Å²) in [5.41, 5.74) is 13.4. The van der Waals surface area contributed by atoms with Crippen LogP contribution in [0.5, 0.6) is 0 Å². The molecule has 9 aromatic rings. The lowest BCUT2D eigenvalue weighted by Gasteiger charge is -2.21. The van der Waals surface area contributed by atoms with Crippen LogP contribution in [-0.4, -0.2) is 14.4 Å². The third-order valence-electron chi connectivity index (χ3n) is 11.8. The Morgan fingerprint density at radius 1 is 0.538 bits per heavy atom. The van der Waals surface area contributed by atoms with Gasteiger partial charge in [-0.15, -0.1) is 23.1 Å². The summed E-state index contributed by atoms with van der Waals surface area (Å²) in [5, 5.41) is 8.45. The summed E-state index contributed by atoms with van der Waals surface area (Å²) >= 11 is 4.04. The number of benzene rings is 6. The lowest BCUT2D eigenvalue weighted by Crippen LogP contribution is -2.09. The van der Waals surface area contributed by atoms with Crippen molar-refractivity contribution in [1.82, 2.24) is 9.13 Å². The minimum atomic E-state index is 0.602. The van der Waals surface area contributed by atoms with Crippen molar-refractivity contribution in [3.63, 3.8) is 0 Å². The smallest absolute Gasteiger partial charge is 0.0640 e. The summed E-state index contributed by atoms with van der Waals surface area (Å²) in [6.45, 7) is 0. The molecule has 1 atom stereocenters. The molecule has 3 aromatic heterocycles. The van der Waals surface area contributed by atoms with Gasteiger partial charge in [0.25, 0.3) is 0 Å². The molecule has 0 saturated carbocycles. The van der Waals surface area contributed by atoms with E-state index < -0.39 is 0 Å². The summed E-state index contributed by atoms with van der Waals surface area (Å²) in [4.78, 5) is 1.67. The van der Waals surface area contributed by atoms with E-state index in [2.05, 4.69) is 160 Å². The molecule has 0 radical (unpaired) electrons. The minimum absolute atomic E-state index is 0.602. The van der Waals surface area contributed by atoms with Gasteiger partial charge in [-0.05, 0) is 114 Å². The van der Waals surface area contributed by atoms with Crippen molar-refractivity contribution in [1.29, 1.82) is 0 Å². The number of hydrogen-bond donors (Lipinski definition) is 0. The largest absolute Gasteiger partial charge is 0.310 e. The van der Waals surface area contributed by atoms with E-state index in [1.165, 1.54) is 112 Å². The second-order valence-electron chi connectivity index (χ2n) is 14.6. The van der Waals surface area contributed by atoms with E-state index in [0.29, 0.717) is 5.25 Å². The molecular weight excluding hydrogens is 669 g/mol. The van der Waals surface area contributed by atoms with E-state index in [1.807, 2.05) is 11.3 Å². The zero-order chi connectivity index (χ0) is 33.9. The van der Waals surface area contributed by atoms with Crippen LogP contribution in [-0.2, 0) is 0 Å². The van der Waals surface area contributed by atoms with Crippen molar-refractivity contribution in [3.05, 3.63) is 156 Å². The molecule has 0 amide bonds. The van der Waals surface area contributed by atoms with E-state index in [4.69, 9.17) is 0 Å². The van der Waals surface area contributed by atoms with Gasteiger partial charge in [-0.25, -0.2) is 0 Å². The molecule has 52 heavy (non-hydrogen) atoms. The quantitative estimate of drug-likeness (QED) is 0.178. The first-order chi connectivity index (χ1) is 25.8. The predicted octanol–water partition coefficient (Wildman–Crippen LogP) is 14.0. The number of thioether (sulfide) groups is 1. The van der Waals surface area contributed by atoms with Crippen LogP contribution in [0.15, 0.2) is 156 Å². The molecule has 3 aliphatic rings. The fourth-order valence-corrected chi connectivity index (χ4v) is 12.2. The van der Waals surface area contributed by atoms with E-state index in [9.17, 15) is 0 Å². The Labute approximate surface area is 310 Å². The number of nitrogens with zero attached hydrogens (tertiary/aromatic N) is 2. The number of fused-ring (bicyclic) bond motifs is 11. The molecule has 12 rings (SSSR count). The highest BCUT2D eigenvalue weighted by molar-refractivity contribution is 8.04. The third-order valence-corrected chi connectivity index (χ3v) is 14.5. The van der Waals surface area contributed by atoms with Crippen LogP contribution < -0.4 is 0 Å². The average molecular weight is 703 g/mol. The van der Waals surface area contributed by atoms with Gasteiger partial charge in [0.15, 0.2) is 0 Å². The first kappa shape index (κ1) is 29.3. The van der Waals surface area contributed by atoms with Gasteiger partial charge in [-0.2, -0.15) is 0 Å². The number of aromatic nitrogens is 2. The van der Waals surface area contributed by atoms with E-state index in [-0.39, 0.29) is 0 Å². The average Bonchev–Trinajstić information content (AvgIpc) is 3.95. The molecule has 0 fully saturated rings. The number of thiophene rings is 1. The van der Waals surface area contributed by atoms with Gasteiger partial charge in [0, 0.05) is 48.0 Å². The van der Waals surface area contributed by atoms with Crippen LogP contribution in [0.25, 0.3) is 86.3 Å². The molecule has 2 nitrogen and oxygen atoms in total. The molecule has 0 saturated heterocycles. The molecule has 248 valence electrons. The van der Waals surface area contributed by atoms with Gasteiger partial charge in [0.05, 0.1) is 32.5 Å². The zero-order valence-electron chi connectivity index (χ0n) is 28.6. The lowest BCUT2D eigenvalue weighted by atomic mass is 9.88. The van der Waals surface area contributed by atoms with Crippen LogP contribution >= 0.6 is 23.1 Å². The van der Waals surface area contributed by atoms with Crippen LogP contribution in [0.4, 0.5) is 0 Å². The van der Waals surface area contributed by atoms with Crippen molar-refractivity contribution < 1.29 is 0 Å². The molecule has 0 bridgehead atoms. The minimum Gasteiger partial charge on any atom is -0.310 e. The maximum Gasteiger partial charge on any atom is 0.0640 e. The fraction of sp³-hybridized carbons (Fsp3) is 0.125. The second kappa shape index (κ2) is 11.1. The topological polar surface area (TPSA) is 9.86 Å². The Bertz CT molecular complexity index is 3090.